The van der Waals surface area contributed by atoms with E-state index in [1.165, 1.54) is 6.33 Å². The fourth-order valence-electron chi connectivity index (χ4n) is 3.00. The van der Waals surface area contributed by atoms with Crippen LogP contribution in [0, 0.1) is 3.57 Å². The molecule has 25 heavy (non-hydrogen) atoms. The maximum atomic E-state index is 12.7. The molecule has 0 radical (unpaired) electrons. The monoisotopic (exact) mass is 449 g/mol. The lowest BCUT2D eigenvalue weighted by atomic mass is 10.2. The number of piperazine rings is 1. The second-order valence-electron chi connectivity index (χ2n) is 5.84. The summed E-state index contributed by atoms with van der Waals surface area (Å²) in [5.74, 6) is 0.858. The second kappa shape index (κ2) is 6.54. The van der Waals surface area contributed by atoms with Crippen molar-refractivity contribution in [2.24, 2.45) is 7.05 Å². The summed E-state index contributed by atoms with van der Waals surface area (Å²) in [6.45, 7) is 2.71. The Bertz CT molecular complexity index is 933. The lowest BCUT2D eigenvalue weighted by molar-refractivity contribution is 0.0745. The van der Waals surface area contributed by atoms with Crippen LogP contribution < -0.4 is 4.90 Å². The van der Waals surface area contributed by atoms with Crippen LogP contribution in [-0.2, 0) is 7.05 Å². The van der Waals surface area contributed by atoms with Crippen molar-refractivity contribution in [3.63, 3.8) is 0 Å². The van der Waals surface area contributed by atoms with Gasteiger partial charge in [-0.1, -0.05) is 17.3 Å². The van der Waals surface area contributed by atoms with E-state index in [0.717, 1.165) is 15.0 Å². The molecule has 1 aliphatic heterocycles. The van der Waals surface area contributed by atoms with Crippen LogP contribution in [0.3, 0.4) is 0 Å². The number of anilines is 1. The van der Waals surface area contributed by atoms with Crippen molar-refractivity contribution in [3.8, 4) is 0 Å². The van der Waals surface area contributed by atoms with Crippen LogP contribution in [0.1, 0.15) is 10.4 Å². The van der Waals surface area contributed by atoms with Crippen LogP contribution in [0.5, 0.6) is 0 Å². The topological polar surface area (TPSA) is 80.0 Å². The van der Waals surface area contributed by atoms with Gasteiger partial charge in [-0.2, -0.15) is 0 Å². The number of fused-ring (bicyclic) bond motifs is 1. The van der Waals surface area contributed by atoms with Crippen molar-refractivity contribution in [2.45, 2.75) is 0 Å². The first-order chi connectivity index (χ1) is 12.1. The van der Waals surface area contributed by atoms with Crippen LogP contribution in [0.25, 0.3) is 11.2 Å². The summed E-state index contributed by atoms with van der Waals surface area (Å²) in [5, 5.41) is 8.19. The summed E-state index contributed by atoms with van der Waals surface area (Å²) in [4.78, 5) is 25.4. The quantitative estimate of drug-likeness (QED) is 0.550. The zero-order chi connectivity index (χ0) is 17.4. The van der Waals surface area contributed by atoms with Gasteiger partial charge in [0.25, 0.3) is 5.91 Å². The summed E-state index contributed by atoms with van der Waals surface area (Å²) in [6.07, 6.45) is 1.53. The van der Waals surface area contributed by atoms with E-state index < -0.39 is 0 Å². The molecule has 2 aromatic heterocycles. The SMILES string of the molecule is Cn1nnc2c(N3CCN(C(=O)c4ccccc4I)CC3)ncnc21. The number of hydrogen-bond donors (Lipinski definition) is 0. The Morgan fingerprint density at radius 1 is 1.12 bits per heavy atom. The zero-order valence-electron chi connectivity index (χ0n) is 13.6. The largest absolute Gasteiger partial charge is 0.351 e. The van der Waals surface area contributed by atoms with E-state index in [9.17, 15) is 4.79 Å². The van der Waals surface area contributed by atoms with E-state index in [1.807, 2.05) is 36.2 Å². The number of rotatable bonds is 2. The minimum Gasteiger partial charge on any atom is -0.351 e. The Hall–Kier alpha value is -2.30. The summed E-state index contributed by atoms with van der Waals surface area (Å²) in [5.41, 5.74) is 2.17. The van der Waals surface area contributed by atoms with Crippen LogP contribution in [0.15, 0.2) is 30.6 Å². The third-order valence-corrected chi connectivity index (χ3v) is 5.28. The van der Waals surface area contributed by atoms with Crippen molar-refractivity contribution in [2.75, 3.05) is 31.1 Å². The fraction of sp³-hybridized carbons (Fsp3) is 0.312. The Balaban J connectivity index is 1.51. The molecule has 1 amide bonds. The van der Waals surface area contributed by atoms with Gasteiger partial charge in [0.05, 0.1) is 5.56 Å². The molecule has 0 saturated carbocycles. The average Bonchev–Trinajstić information content (AvgIpc) is 3.03. The maximum Gasteiger partial charge on any atom is 0.255 e. The third kappa shape index (κ3) is 2.92. The molecule has 8 nitrogen and oxygen atoms in total. The van der Waals surface area contributed by atoms with Gasteiger partial charge in [0.15, 0.2) is 17.0 Å². The highest BCUT2D eigenvalue weighted by molar-refractivity contribution is 14.1. The summed E-state index contributed by atoms with van der Waals surface area (Å²) >= 11 is 2.20. The number of halogens is 1. The predicted octanol–water partition coefficient (Wildman–Crippen LogP) is 1.33. The van der Waals surface area contributed by atoms with Crippen molar-refractivity contribution < 1.29 is 4.79 Å². The highest BCUT2D eigenvalue weighted by Crippen LogP contribution is 2.22. The van der Waals surface area contributed by atoms with E-state index in [0.29, 0.717) is 37.3 Å². The van der Waals surface area contributed by atoms with Gasteiger partial charge in [-0.15, -0.1) is 5.10 Å². The van der Waals surface area contributed by atoms with Crippen molar-refractivity contribution >= 4 is 45.5 Å². The number of aryl methyl sites for hydroxylation is 1. The standard InChI is InChI=1S/C16H16IN7O/c1-22-14-13(20-21-22)15(19-10-18-14)23-6-8-24(9-7-23)16(25)11-4-2-3-5-12(11)17/h2-5,10H,6-9H2,1H3. The first-order valence-electron chi connectivity index (χ1n) is 7.94. The number of nitrogens with zero attached hydrogens (tertiary/aromatic N) is 7. The third-order valence-electron chi connectivity index (χ3n) is 4.34. The van der Waals surface area contributed by atoms with Crippen LogP contribution in [0.4, 0.5) is 5.82 Å². The molecular formula is C16H16IN7O. The van der Waals surface area contributed by atoms with E-state index in [2.05, 4.69) is 47.8 Å². The highest BCUT2D eigenvalue weighted by Gasteiger charge is 2.25. The summed E-state index contributed by atoms with van der Waals surface area (Å²) < 4.78 is 2.61. The molecule has 1 aliphatic rings. The molecule has 0 N–H and O–H groups in total. The number of aromatic nitrogens is 5. The van der Waals surface area contributed by atoms with E-state index in [1.54, 1.807) is 4.68 Å². The van der Waals surface area contributed by atoms with Gasteiger partial charge in [-0.25, -0.2) is 14.6 Å². The molecule has 1 fully saturated rings. The molecular weight excluding hydrogens is 433 g/mol. The minimum atomic E-state index is 0.0805. The molecule has 0 unspecified atom stereocenters. The Kier molecular flexibility index (Phi) is 4.24. The molecule has 0 bridgehead atoms. The Labute approximate surface area is 158 Å². The molecule has 3 aromatic rings. The minimum absolute atomic E-state index is 0.0805. The average molecular weight is 449 g/mol. The number of amides is 1. The number of carbonyl (C=O) groups is 1. The first kappa shape index (κ1) is 16.2. The molecule has 1 aromatic carbocycles. The normalized spacial score (nSPS) is 15.0. The van der Waals surface area contributed by atoms with Gasteiger partial charge in [0.1, 0.15) is 6.33 Å². The van der Waals surface area contributed by atoms with E-state index >= 15 is 0 Å². The smallest absolute Gasteiger partial charge is 0.255 e. The van der Waals surface area contributed by atoms with Crippen LogP contribution >= 0.6 is 22.6 Å². The molecule has 128 valence electrons. The molecule has 3 heterocycles. The molecule has 1 saturated heterocycles. The predicted molar refractivity (Wildman–Crippen MR) is 101 cm³/mol. The Morgan fingerprint density at radius 3 is 2.64 bits per heavy atom. The van der Waals surface area contributed by atoms with Crippen LogP contribution in [-0.4, -0.2) is 61.9 Å². The lowest BCUT2D eigenvalue weighted by Gasteiger charge is -2.35. The van der Waals surface area contributed by atoms with Gasteiger partial charge in [0.2, 0.25) is 0 Å². The highest BCUT2D eigenvalue weighted by atomic mass is 127. The fourth-order valence-corrected chi connectivity index (χ4v) is 3.62. The maximum absolute atomic E-state index is 12.7. The van der Waals surface area contributed by atoms with Gasteiger partial charge in [0, 0.05) is 36.8 Å². The molecule has 9 heteroatoms. The molecule has 0 aliphatic carbocycles. The Morgan fingerprint density at radius 2 is 1.88 bits per heavy atom. The van der Waals surface area contributed by atoms with Gasteiger partial charge in [-0.3, -0.25) is 4.79 Å². The van der Waals surface area contributed by atoms with Crippen molar-refractivity contribution in [1.82, 2.24) is 29.9 Å². The van der Waals surface area contributed by atoms with Gasteiger partial charge in [-0.05, 0) is 34.7 Å². The van der Waals surface area contributed by atoms with E-state index in [-0.39, 0.29) is 5.91 Å². The zero-order valence-corrected chi connectivity index (χ0v) is 15.8. The summed E-state index contributed by atoms with van der Waals surface area (Å²) in [7, 11) is 1.81. The van der Waals surface area contributed by atoms with E-state index in [4.69, 9.17) is 0 Å². The van der Waals surface area contributed by atoms with Crippen molar-refractivity contribution in [3.05, 3.63) is 39.7 Å². The van der Waals surface area contributed by atoms with Crippen molar-refractivity contribution in [1.29, 1.82) is 0 Å². The van der Waals surface area contributed by atoms with Gasteiger partial charge < -0.3 is 9.80 Å². The summed E-state index contributed by atoms with van der Waals surface area (Å²) in [6, 6.07) is 7.68. The van der Waals surface area contributed by atoms with Crippen LogP contribution in [0.2, 0.25) is 0 Å². The number of carbonyl (C=O) groups excluding carboxylic acids is 1. The molecule has 0 atom stereocenters. The lowest BCUT2D eigenvalue weighted by Crippen LogP contribution is -2.49. The first-order valence-corrected chi connectivity index (χ1v) is 9.02. The number of hydrogen-bond acceptors (Lipinski definition) is 6. The molecule has 4 rings (SSSR count). The van der Waals surface area contributed by atoms with Gasteiger partial charge >= 0.3 is 0 Å². The number of benzene rings is 1. The second-order valence-corrected chi connectivity index (χ2v) is 7.00. The molecule has 0 spiro atoms.